The van der Waals surface area contributed by atoms with E-state index in [9.17, 15) is 18.0 Å². The van der Waals surface area contributed by atoms with E-state index >= 15 is 0 Å². The predicted molar refractivity (Wildman–Crippen MR) is 62.5 cm³/mol. The lowest BCUT2D eigenvalue weighted by atomic mass is 10.3. The molecular formula is C10H14F3N3OS. The van der Waals surface area contributed by atoms with E-state index in [4.69, 9.17) is 0 Å². The van der Waals surface area contributed by atoms with Crippen molar-refractivity contribution in [3.63, 3.8) is 0 Å². The molecule has 0 aliphatic carbocycles. The minimum Gasteiger partial charge on any atom is -0.346 e. The summed E-state index contributed by atoms with van der Waals surface area (Å²) in [5.74, 6) is -0.665. The molecule has 1 aromatic heterocycles. The molecule has 0 aliphatic rings. The highest BCUT2D eigenvalue weighted by atomic mass is 32.1. The first-order valence-electron chi connectivity index (χ1n) is 5.32. The van der Waals surface area contributed by atoms with E-state index in [1.165, 1.54) is 11.3 Å². The van der Waals surface area contributed by atoms with Gasteiger partial charge < -0.3 is 10.6 Å². The lowest BCUT2D eigenvalue weighted by molar-refractivity contribution is -0.137. The number of carbonyl (C=O) groups excluding carboxylic acids is 1. The third-order valence-electron chi connectivity index (χ3n) is 2.00. The van der Waals surface area contributed by atoms with Crippen LogP contribution in [0.4, 0.5) is 13.2 Å². The summed E-state index contributed by atoms with van der Waals surface area (Å²) in [5.41, 5.74) is 0.917. The number of nitrogens with one attached hydrogen (secondary N) is 2. The second kappa shape index (κ2) is 6.69. The topological polar surface area (TPSA) is 54.0 Å². The molecule has 102 valence electrons. The fourth-order valence-corrected chi connectivity index (χ4v) is 1.85. The van der Waals surface area contributed by atoms with Crippen LogP contribution in [-0.2, 0) is 11.2 Å². The first-order chi connectivity index (χ1) is 8.37. The third kappa shape index (κ3) is 6.55. The Morgan fingerprint density at radius 1 is 1.50 bits per heavy atom. The molecule has 0 aliphatic heterocycles. The Morgan fingerprint density at radius 2 is 2.22 bits per heavy atom. The van der Waals surface area contributed by atoms with E-state index in [2.05, 4.69) is 10.3 Å². The van der Waals surface area contributed by atoms with Crippen molar-refractivity contribution in [2.75, 3.05) is 19.6 Å². The van der Waals surface area contributed by atoms with Crippen molar-refractivity contribution in [2.24, 2.45) is 0 Å². The normalized spacial score (nSPS) is 11.6. The van der Waals surface area contributed by atoms with Gasteiger partial charge in [0, 0.05) is 18.3 Å². The van der Waals surface area contributed by atoms with Crippen LogP contribution in [-0.4, -0.2) is 36.7 Å². The van der Waals surface area contributed by atoms with Crippen molar-refractivity contribution in [1.29, 1.82) is 0 Å². The van der Waals surface area contributed by atoms with Crippen LogP contribution in [0.15, 0.2) is 5.38 Å². The number of halogens is 3. The quantitative estimate of drug-likeness (QED) is 0.772. The number of rotatable bonds is 6. The number of alkyl halides is 3. The Balaban J connectivity index is 2.09. The van der Waals surface area contributed by atoms with Crippen LogP contribution >= 0.6 is 11.3 Å². The maximum Gasteiger partial charge on any atom is 0.405 e. The van der Waals surface area contributed by atoms with Crippen LogP contribution in [0.2, 0.25) is 0 Å². The Bertz CT molecular complexity index is 392. The Labute approximate surface area is 107 Å². The van der Waals surface area contributed by atoms with Gasteiger partial charge in [-0.3, -0.25) is 4.79 Å². The average Bonchev–Trinajstić information content (AvgIpc) is 2.67. The van der Waals surface area contributed by atoms with Gasteiger partial charge >= 0.3 is 6.18 Å². The van der Waals surface area contributed by atoms with Crippen molar-refractivity contribution in [1.82, 2.24) is 15.6 Å². The lowest BCUT2D eigenvalue weighted by Crippen LogP contribution is -2.39. The van der Waals surface area contributed by atoms with Crippen molar-refractivity contribution in [3.8, 4) is 0 Å². The summed E-state index contributed by atoms with van der Waals surface area (Å²) in [4.78, 5) is 15.2. The molecule has 1 rings (SSSR count). The smallest absolute Gasteiger partial charge is 0.346 e. The largest absolute Gasteiger partial charge is 0.405 e. The van der Waals surface area contributed by atoms with Gasteiger partial charge in [-0.05, 0) is 6.92 Å². The molecule has 0 unspecified atom stereocenters. The van der Waals surface area contributed by atoms with Gasteiger partial charge in [0.15, 0.2) is 0 Å². The predicted octanol–water partition coefficient (Wildman–Crippen LogP) is 1.26. The number of aromatic nitrogens is 1. The van der Waals surface area contributed by atoms with Gasteiger partial charge in [0.25, 0.3) is 0 Å². The second-order valence-electron chi connectivity index (χ2n) is 3.68. The van der Waals surface area contributed by atoms with Gasteiger partial charge in [-0.1, -0.05) is 0 Å². The van der Waals surface area contributed by atoms with Gasteiger partial charge in [-0.15, -0.1) is 11.3 Å². The second-order valence-corrected chi connectivity index (χ2v) is 4.74. The highest BCUT2D eigenvalue weighted by Gasteiger charge is 2.27. The van der Waals surface area contributed by atoms with Crippen LogP contribution in [0.3, 0.4) is 0 Å². The molecule has 8 heteroatoms. The highest BCUT2D eigenvalue weighted by Crippen LogP contribution is 2.11. The molecule has 0 radical (unpaired) electrons. The molecule has 0 bridgehead atoms. The van der Waals surface area contributed by atoms with E-state index in [0.29, 0.717) is 13.0 Å². The zero-order valence-electron chi connectivity index (χ0n) is 9.80. The number of nitrogens with zero attached hydrogens (tertiary/aromatic N) is 1. The number of aryl methyl sites for hydroxylation is 1. The van der Waals surface area contributed by atoms with Crippen molar-refractivity contribution < 1.29 is 18.0 Å². The van der Waals surface area contributed by atoms with Crippen LogP contribution in [0.25, 0.3) is 0 Å². The van der Waals surface area contributed by atoms with E-state index in [-0.39, 0.29) is 6.54 Å². The zero-order chi connectivity index (χ0) is 13.6. The summed E-state index contributed by atoms with van der Waals surface area (Å²) in [6.07, 6.45) is -3.72. The molecule has 18 heavy (non-hydrogen) atoms. The van der Waals surface area contributed by atoms with E-state index in [1.807, 2.05) is 12.3 Å². The summed E-state index contributed by atoms with van der Waals surface area (Å²) in [5, 5.41) is 7.43. The molecule has 4 nitrogen and oxygen atoms in total. The van der Waals surface area contributed by atoms with Crippen molar-refractivity contribution in [3.05, 3.63) is 16.1 Å². The van der Waals surface area contributed by atoms with E-state index < -0.39 is 18.6 Å². The monoisotopic (exact) mass is 281 g/mol. The summed E-state index contributed by atoms with van der Waals surface area (Å²) >= 11 is 1.54. The minimum absolute atomic E-state index is 0.126. The third-order valence-corrected chi connectivity index (χ3v) is 2.82. The van der Waals surface area contributed by atoms with E-state index in [0.717, 1.165) is 10.7 Å². The Hall–Kier alpha value is -1.15. The minimum atomic E-state index is -4.37. The number of hydrogen-bond acceptors (Lipinski definition) is 4. The molecule has 1 amide bonds. The van der Waals surface area contributed by atoms with Crippen molar-refractivity contribution in [2.45, 2.75) is 19.5 Å². The summed E-state index contributed by atoms with van der Waals surface area (Å²) < 4.78 is 35.4. The summed E-state index contributed by atoms with van der Waals surface area (Å²) in [7, 11) is 0. The van der Waals surface area contributed by atoms with Crippen LogP contribution in [0.1, 0.15) is 10.7 Å². The Kier molecular flexibility index (Phi) is 5.54. The molecular weight excluding hydrogens is 267 g/mol. The molecule has 0 aromatic carbocycles. The summed E-state index contributed by atoms with van der Waals surface area (Å²) in [6, 6.07) is 0. The lowest BCUT2D eigenvalue weighted by Gasteiger charge is -2.08. The molecule has 1 aromatic rings. The van der Waals surface area contributed by atoms with E-state index in [1.54, 1.807) is 5.32 Å². The summed E-state index contributed by atoms with van der Waals surface area (Å²) in [6.45, 7) is 0.979. The fraction of sp³-hybridized carbons (Fsp3) is 0.600. The highest BCUT2D eigenvalue weighted by molar-refractivity contribution is 7.09. The number of amides is 1. The van der Waals surface area contributed by atoms with Gasteiger partial charge in [0.05, 0.1) is 17.2 Å². The fourth-order valence-electron chi connectivity index (χ4n) is 1.20. The molecule has 0 saturated carbocycles. The molecule has 2 N–H and O–H groups in total. The van der Waals surface area contributed by atoms with Crippen LogP contribution in [0.5, 0.6) is 0 Å². The number of carbonyl (C=O) groups is 1. The van der Waals surface area contributed by atoms with Gasteiger partial charge in [0.2, 0.25) is 5.91 Å². The molecule has 0 saturated heterocycles. The first kappa shape index (κ1) is 14.9. The maximum atomic E-state index is 11.8. The van der Waals surface area contributed by atoms with Gasteiger partial charge in [0.1, 0.15) is 6.54 Å². The SMILES string of the molecule is Cc1nc(CCNCC(=O)NCC(F)(F)F)cs1. The number of hydrogen-bond donors (Lipinski definition) is 2. The first-order valence-corrected chi connectivity index (χ1v) is 6.20. The molecule has 0 spiro atoms. The number of thiazole rings is 1. The van der Waals surface area contributed by atoms with Crippen molar-refractivity contribution >= 4 is 17.2 Å². The average molecular weight is 281 g/mol. The van der Waals surface area contributed by atoms with Gasteiger partial charge in [-0.2, -0.15) is 13.2 Å². The maximum absolute atomic E-state index is 11.8. The van der Waals surface area contributed by atoms with Gasteiger partial charge in [-0.25, -0.2) is 4.98 Å². The van der Waals surface area contributed by atoms with Crippen LogP contribution < -0.4 is 10.6 Å². The standard InChI is InChI=1S/C10H14F3N3OS/c1-7-16-8(5-18-7)2-3-14-4-9(17)15-6-10(11,12)13/h5,14H,2-4,6H2,1H3,(H,15,17). The molecule has 0 fully saturated rings. The molecule has 0 atom stereocenters. The van der Waals surface area contributed by atoms with Crippen LogP contribution in [0, 0.1) is 6.92 Å². The Morgan fingerprint density at radius 3 is 2.78 bits per heavy atom. The zero-order valence-corrected chi connectivity index (χ0v) is 10.6. The molecule has 1 heterocycles.